The first-order valence-electron chi connectivity index (χ1n) is 7.73. The Balaban J connectivity index is 2.31. The number of amides is 2. The molecule has 0 spiro atoms. The Kier molecular flexibility index (Phi) is 5.84. The van der Waals surface area contributed by atoms with Gasteiger partial charge >= 0.3 is 12.0 Å². The summed E-state index contributed by atoms with van der Waals surface area (Å²) in [6.07, 6.45) is 0.0725. The minimum absolute atomic E-state index is 0.0421. The molecule has 1 heterocycles. The zero-order valence-corrected chi connectivity index (χ0v) is 13.7. The number of nitrogens with zero attached hydrogens (tertiary/aromatic N) is 1. The lowest BCUT2D eigenvalue weighted by Crippen LogP contribution is -2.51. The minimum atomic E-state index is -0.879. The van der Waals surface area contributed by atoms with Crippen LogP contribution in [-0.4, -0.2) is 30.3 Å². The predicted octanol–water partition coefficient (Wildman–Crippen LogP) is 1.73. The summed E-state index contributed by atoms with van der Waals surface area (Å²) in [5, 5.41) is 23.5. The number of hydrogen-bond donors (Lipinski definition) is 3. The zero-order chi connectivity index (χ0) is 18.4. The second kappa shape index (κ2) is 8.06. The van der Waals surface area contributed by atoms with Gasteiger partial charge in [0, 0.05) is 5.70 Å². The molecular formula is C17H19N3O5. The van der Waals surface area contributed by atoms with E-state index in [1.807, 2.05) is 6.07 Å². The number of hydrogen-bond acceptors (Lipinski definition) is 6. The average Bonchev–Trinajstić information content (AvgIpc) is 2.56. The van der Waals surface area contributed by atoms with E-state index in [2.05, 4.69) is 17.2 Å². The molecule has 1 aromatic carbocycles. The van der Waals surface area contributed by atoms with E-state index in [-0.39, 0.29) is 30.2 Å². The monoisotopic (exact) mass is 345 g/mol. The molecule has 1 aromatic rings. The minimum Gasteiger partial charge on any atom is -0.504 e. The maximum Gasteiger partial charge on any atom is 0.319 e. The normalized spacial score (nSPS) is 19.4. The molecular weight excluding hydrogens is 326 g/mol. The Bertz CT molecular complexity index is 725. The van der Waals surface area contributed by atoms with Gasteiger partial charge in [-0.1, -0.05) is 12.6 Å². The van der Waals surface area contributed by atoms with Crippen molar-refractivity contribution in [3.63, 3.8) is 0 Å². The van der Waals surface area contributed by atoms with Crippen LogP contribution in [-0.2, 0) is 9.53 Å². The molecule has 132 valence electrons. The highest BCUT2D eigenvalue weighted by atomic mass is 16.5. The molecule has 1 aliphatic rings. The van der Waals surface area contributed by atoms with Crippen LogP contribution in [0.4, 0.5) is 4.79 Å². The molecule has 2 atom stereocenters. The zero-order valence-electron chi connectivity index (χ0n) is 13.7. The summed E-state index contributed by atoms with van der Waals surface area (Å²) in [6.45, 7) is 5.81. The number of rotatable bonds is 6. The molecule has 8 nitrogen and oxygen atoms in total. The third-order valence-corrected chi connectivity index (χ3v) is 3.62. The van der Waals surface area contributed by atoms with Gasteiger partial charge in [-0.15, -0.1) is 0 Å². The number of esters is 1. The maximum atomic E-state index is 12.4. The third kappa shape index (κ3) is 4.20. The van der Waals surface area contributed by atoms with E-state index < -0.39 is 24.0 Å². The van der Waals surface area contributed by atoms with Crippen molar-refractivity contribution >= 4 is 12.0 Å². The lowest BCUT2D eigenvalue weighted by Gasteiger charge is -2.33. The van der Waals surface area contributed by atoms with Crippen molar-refractivity contribution in [1.82, 2.24) is 10.6 Å². The van der Waals surface area contributed by atoms with Gasteiger partial charge in [-0.3, -0.25) is 4.79 Å². The Hall–Kier alpha value is -3.21. The van der Waals surface area contributed by atoms with Crippen molar-refractivity contribution in [2.24, 2.45) is 5.92 Å². The number of benzene rings is 1. The molecule has 0 aliphatic carbocycles. The van der Waals surface area contributed by atoms with Crippen LogP contribution in [0.1, 0.15) is 24.9 Å². The largest absolute Gasteiger partial charge is 0.504 e. The molecule has 0 radical (unpaired) electrons. The van der Waals surface area contributed by atoms with Crippen LogP contribution in [0.2, 0.25) is 0 Å². The lowest BCUT2D eigenvalue weighted by molar-refractivity contribution is -0.148. The van der Waals surface area contributed by atoms with Gasteiger partial charge in [0.1, 0.15) is 12.5 Å². The number of carbonyl (C=O) groups excluding carboxylic acids is 2. The molecule has 25 heavy (non-hydrogen) atoms. The summed E-state index contributed by atoms with van der Waals surface area (Å²) in [7, 11) is 0. The molecule has 0 saturated carbocycles. The van der Waals surface area contributed by atoms with E-state index in [1.165, 1.54) is 6.07 Å². The SMILES string of the molecule is C=C1NC(=O)N[C@@H](c2ccc(O)c(OCC)c2)[C@@H]1C(=O)OCCC#N. The van der Waals surface area contributed by atoms with E-state index in [4.69, 9.17) is 14.7 Å². The lowest BCUT2D eigenvalue weighted by atomic mass is 9.89. The topological polar surface area (TPSA) is 121 Å². The first-order chi connectivity index (χ1) is 12.0. The summed E-state index contributed by atoms with van der Waals surface area (Å²) in [5.74, 6) is -1.29. The highest BCUT2D eigenvalue weighted by Crippen LogP contribution is 2.35. The van der Waals surface area contributed by atoms with E-state index in [0.717, 1.165) is 0 Å². The number of nitrogens with one attached hydrogen (secondary N) is 2. The summed E-state index contributed by atoms with van der Waals surface area (Å²) in [6, 6.07) is 5.21. The first-order valence-corrected chi connectivity index (χ1v) is 7.73. The van der Waals surface area contributed by atoms with E-state index >= 15 is 0 Å². The van der Waals surface area contributed by atoms with Crippen LogP contribution in [0.3, 0.4) is 0 Å². The van der Waals surface area contributed by atoms with Gasteiger partial charge < -0.3 is 25.2 Å². The van der Waals surface area contributed by atoms with E-state index in [9.17, 15) is 14.7 Å². The molecule has 2 amide bonds. The number of nitriles is 1. The second-order valence-electron chi connectivity index (χ2n) is 5.31. The Morgan fingerprint density at radius 2 is 2.24 bits per heavy atom. The fraction of sp³-hybridized carbons (Fsp3) is 0.353. The van der Waals surface area contributed by atoms with Crippen LogP contribution < -0.4 is 15.4 Å². The molecule has 1 aliphatic heterocycles. The average molecular weight is 345 g/mol. The molecule has 1 saturated heterocycles. The Morgan fingerprint density at radius 1 is 1.48 bits per heavy atom. The van der Waals surface area contributed by atoms with Gasteiger partial charge in [0.25, 0.3) is 0 Å². The summed E-state index contributed by atoms with van der Waals surface area (Å²) >= 11 is 0. The van der Waals surface area contributed by atoms with Gasteiger partial charge in [-0.05, 0) is 24.6 Å². The van der Waals surface area contributed by atoms with Gasteiger partial charge in [0.2, 0.25) is 0 Å². The molecule has 8 heteroatoms. The first kappa shape index (κ1) is 18.1. The number of urea groups is 1. The van der Waals surface area contributed by atoms with E-state index in [0.29, 0.717) is 12.2 Å². The van der Waals surface area contributed by atoms with Crippen molar-refractivity contribution in [3.8, 4) is 17.6 Å². The molecule has 0 unspecified atom stereocenters. The standard InChI is InChI=1S/C17H19N3O5/c1-3-24-13-9-11(5-6-12(13)21)15-14(10(2)19-17(23)20-15)16(22)25-8-4-7-18/h5-6,9,14-15,21H,2-4,8H2,1H3,(H2,19,20,23)/t14-,15+/m1/s1. The maximum absolute atomic E-state index is 12.4. The van der Waals surface area contributed by atoms with Crippen molar-refractivity contribution in [2.75, 3.05) is 13.2 Å². The number of aromatic hydroxyl groups is 1. The molecule has 0 bridgehead atoms. The van der Waals surface area contributed by atoms with Gasteiger partial charge in [-0.2, -0.15) is 5.26 Å². The summed E-state index contributed by atoms with van der Waals surface area (Å²) < 4.78 is 10.4. The molecule has 0 aromatic heterocycles. The highest BCUT2D eigenvalue weighted by Gasteiger charge is 2.39. The van der Waals surface area contributed by atoms with Gasteiger partial charge in [0.05, 0.1) is 25.1 Å². The van der Waals surface area contributed by atoms with Crippen molar-refractivity contribution in [2.45, 2.75) is 19.4 Å². The Morgan fingerprint density at radius 3 is 2.92 bits per heavy atom. The van der Waals surface area contributed by atoms with Crippen LogP contribution in [0.15, 0.2) is 30.5 Å². The van der Waals surface area contributed by atoms with Crippen molar-refractivity contribution in [1.29, 1.82) is 5.26 Å². The van der Waals surface area contributed by atoms with Crippen molar-refractivity contribution < 1.29 is 24.2 Å². The summed E-state index contributed by atoms with van der Waals surface area (Å²) in [4.78, 5) is 24.2. The smallest absolute Gasteiger partial charge is 0.319 e. The number of ether oxygens (including phenoxy) is 2. The predicted molar refractivity (Wildman–Crippen MR) is 87.5 cm³/mol. The van der Waals surface area contributed by atoms with Crippen LogP contribution in [0, 0.1) is 17.2 Å². The van der Waals surface area contributed by atoms with Crippen LogP contribution in [0.5, 0.6) is 11.5 Å². The fourth-order valence-electron chi connectivity index (χ4n) is 2.52. The highest BCUT2D eigenvalue weighted by molar-refractivity contribution is 5.85. The fourth-order valence-corrected chi connectivity index (χ4v) is 2.52. The van der Waals surface area contributed by atoms with Gasteiger partial charge in [0.15, 0.2) is 11.5 Å². The number of phenolic OH excluding ortho intramolecular Hbond substituents is 1. The second-order valence-corrected chi connectivity index (χ2v) is 5.31. The summed E-state index contributed by atoms with van der Waals surface area (Å²) in [5.41, 5.74) is 0.751. The Labute approximate surface area is 145 Å². The molecule has 3 N–H and O–H groups in total. The molecule has 1 fully saturated rings. The van der Waals surface area contributed by atoms with E-state index in [1.54, 1.807) is 19.1 Å². The van der Waals surface area contributed by atoms with Crippen LogP contribution >= 0.6 is 0 Å². The van der Waals surface area contributed by atoms with Crippen LogP contribution in [0.25, 0.3) is 0 Å². The number of carbonyl (C=O) groups is 2. The number of phenols is 1. The molecule has 2 rings (SSSR count). The third-order valence-electron chi connectivity index (χ3n) is 3.62. The van der Waals surface area contributed by atoms with Gasteiger partial charge in [-0.25, -0.2) is 4.79 Å². The quantitative estimate of drug-likeness (QED) is 0.533. The van der Waals surface area contributed by atoms with Crippen molar-refractivity contribution in [3.05, 3.63) is 36.0 Å².